The lowest BCUT2D eigenvalue weighted by atomic mass is 10.3. The molecular weight excluding hydrogens is 237 g/mol. The number of carbonyl (C=O) groups excluding carboxylic acids is 1. The van der Waals surface area contributed by atoms with Crippen molar-refractivity contribution >= 4 is 11.7 Å². The minimum Gasteiger partial charge on any atom is -0.358 e. The summed E-state index contributed by atoms with van der Waals surface area (Å²) < 4.78 is 13.6. The molecule has 98 valence electrons. The Labute approximate surface area is 105 Å². The maximum absolute atomic E-state index is 13.6. The van der Waals surface area contributed by atoms with Gasteiger partial charge in [0.1, 0.15) is 6.33 Å². The highest BCUT2D eigenvalue weighted by Gasteiger charge is 2.16. The monoisotopic (exact) mass is 253 g/mol. The average molecular weight is 253 g/mol. The van der Waals surface area contributed by atoms with Gasteiger partial charge < -0.3 is 15.5 Å². The van der Waals surface area contributed by atoms with Crippen molar-refractivity contribution in [2.45, 2.75) is 6.92 Å². The van der Waals surface area contributed by atoms with E-state index in [1.807, 2.05) is 0 Å². The lowest BCUT2D eigenvalue weighted by molar-refractivity contribution is -0.129. The summed E-state index contributed by atoms with van der Waals surface area (Å²) in [6, 6.07) is 0. The topological polar surface area (TPSA) is 70.2 Å². The van der Waals surface area contributed by atoms with E-state index in [9.17, 15) is 9.18 Å². The number of aromatic nitrogens is 2. The molecular formula is C11H16FN5O. The largest absolute Gasteiger partial charge is 0.358 e. The summed E-state index contributed by atoms with van der Waals surface area (Å²) in [4.78, 5) is 21.1. The molecule has 7 heteroatoms. The first kappa shape index (κ1) is 12.7. The van der Waals surface area contributed by atoms with Gasteiger partial charge >= 0.3 is 0 Å². The number of hydrogen-bond acceptors (Lipinski definition) is 5. The Bertz CT molecular complexity index is 433. The fourth-order valence-corrected chi connectivity index (χ4v) is 1.77. The molecule has 1 fully saturated rings. The van der Waals surface area contributed by atoms with Crippen LogP contribution in [0.25, 0.3) is 0 Å². The third-order valence-electron chi connectivity index (χ3n) is 2.84. The zero-order chi connectivity index (χ0) is 13.0. The van der Waals surface area contributed by atoms with Gasteiger partial charge in [-0.2, -0.15) is 0 Å². The molecule has 1 amide bonds. The van der Waals surface area contributed by atoms with Gasteiger partial charge in [-0.05, 0) is 6.92 Å². The summed E-state index contributed by atoms with van der Waals surface area (Å²) in [5.74, 6) is -0.483. The fourth-order valence-electron chi connectivity index (χ4n) is 1.77. The lowest BCUT2D eigenvalue weighted by Crippen LogP contribution is -2.48. The highest BCUT2D eigenvalue weighted by atomic mass is 19.1. The molecule has 1 saturated heterocycles. The van der Waals surface area contributed by atoms with Gasteiger partial charge in [-0.15, -0.1) is 0 Å². The van der Waals surface area contributed by atoms with Crippen LogP contribution in [0.15, 0.2) is 6.33 Å². The molecule has 0 aromatic carbocycles. The van der Waals surface area contributed by atoms with E-state index in [0.717, 1.165) is 13.1 Å². The number of hydrogen-bond donors (Lipinski definition) is 2. The molecule has 0 spiro atoms. The van der Waals surface area contributed by atoms with Crippen molar-refractivity contribution in [2.24, 2.45) is 0 Å². The molecule has 1 aromatic heterocycles. The Morgan fingerprint density at radius 1 is 1.50 bits per heavy atom. The van der Waals surface area contributed by atoms with Gasteiger partial charge in [-0.25, -0.2) is 14.4 Å². The van der Waals surface area contributed by atoms with Crippen molar-refractivity contribution in [2.75, 3.05) is 38.0 Å². The maximum Gasteiger partial charge on any atom is 0.242 e. The quantitative estimate of drug-likeness (QED) is 0.778. The molecule has 0 saturated carbocycles. The highest BCUT2D eigenvalue weighted by Crippen LogP contribution is 2.11. The number of anilines is 1. The summed E-state index contributed by atoms with van der Waals surface area (Å²) >= 11 is 0. The number of rotatable bonds is 3. The number of nitrogens with zero attached hydrogens (tertiary/aromatic N) is 3. The summed E-state index contributed by atoms with van der Waals surface area (Å²) in [6.07, 6.45) is 1.27. The molecule has 2 heterocycles. The second-order valence-electron chi connectivity index (χ2n) is 4.11. The maximum atomic E-state index is 13.6. The van der Waals surface area contributed by atoms with Crippen LogP contribution in [0, 0.1) is 12.7 Å². The van der Waals surface area contributed by atoms with Crippen LogP contribution >= 0.6 is 0 Å². The minimum atomic E-state index is -0.509. The first-order chi connectivity index (χ1) is 8.68. The van der Waals surface area contributed by atoms with Crippen LogP contribution in [-0.2, 0) is 4.79 Å². The van der Waals surface area contributed by atoms with E-state index in [4.69, 9.17) is 0 Å². The number of piperazine rings is 1. The van der Waals surface area contributed by atoms with Crippen molar-refractivity contribution in [1.29, 1.82) is 0 Å². The van der Waals surface area contributed by atoms with Gasteiger partial charge in [0.25, 0.3) is 0 Å². The normalized spacial score (nSPS) is 15.6. The average Bonchev–Trinajstić information content (AvgIpc) is 2.41. The second-order valence-corrected chi connectivity index (χ2v) is 4.11. The molecule has 0 radical (unpaired) electrons. The molecule has 1 aliphatic heterocycles. The van der Waals surface area contributed by atoms with Crippen molar-refractivity contribution < 1.29 is 9.18 Å². The predicted molar refractivity (Wildman–Crippen MR) is 64.7 cm³/mol. The molecule has 0 aliphatic carbocycles. The van der Waals surface area contributed by atoms with Crippen LogP contribution in [0.5, 0.6) is 0 Å². The third kappa shape index (κ3) is 2.92. The molecule has 6 nitrogen and oxygen atoms in total. The first-order valence-corrected chi connectivity index (χ1v) is 5.88. The van der Waals surface area contributed by atoms with E-state index in [2.05, 4.69) is 20.6 Å². The van der Waals surface area contributed by atoms with E-state index >= 15 is 0 Å². The van der Waals surface area contributed by atoms with Gasteiger partial charge in [0, 0.05) is 26.2 Å². The number of carbonyl (C=O) groups is 1. The molecule has 0 bridgehead atoms. The van der Waals surface area contributed by atoms with E-state index in [1.54, 1.807) is 11.8 Å². The molecule has 0 atom stereocenters. The Morgan fingerprint density at radius 3 is 2.94 bits per heavy atom. The van der Waals surface area contributed by atoms with E-state index < -0.39 is 5.82 Å². The van der Waals surface area contributed by atoms with Crippen LogP contribution in [0.1, 0.15) is 5.69 Å². The van der Waals surface area contributed by atoms with Crippen molar-refractivity contribution in [3.05, 3.63) is 17.8 Å². The van der Waals surface area contributed by atoms with Crippen molar-refractivity contribution in [1.82, 2.24) is 20.2 Å². The molecule has 18 heavy (non-hydrogen) atoms. The zero-order valence-electron chi connectivity index (χ0n) is 10.2. The number of aryl methyl sites for hydroxylation is 1. The van der Waals surface area contributed by atoms with E-state index in [-0.39, 0.29) is 24.0 Å². The lowest BCUT2D eigenvalue weighted by Gasteiger charge is -2.27. The fraction of sp³-hybridized carbons (Fsp3) is 0.545. The zero-order valence-corrected chi connectivity index (χ0v) is 10.2. The summed E-state index contributed by atoms with van der Waals surface area (Å²) in [5, 5.41) is 5.88. The molecule has 0 unspecified atom stereocenters. The van der Waals surface area contributed by atoms with Crippen LogP contribution < -0.4 is 10.6 Å². The molecule has 1 aromatic rings. The Kier molecular flexibility index (Phi) is 4.03. The van der Waals surface area contributed by atoms with Crippen LogP contribution in [0.3, 0.4) is 0 Å². The first-order valence-electron chi connectivity index (χ1n) is 5.88. The van der Waals surface area contributed by atoms with Crippen molar-refractivity contribution in [3.63, 3.8) is 0 Å². The van der Waals surface area contributed by atoms with Crippen LogP contribution in [0.4, 0.5) is 10.2 Å². The third-order valence-corrected chi connectivity index (χ3v) is 2.84. The SMILES string of the molecule is Cc1ncnc(NCC(=O)N2CCNCC2)c1F. The number of halogens is 1. The van der Waals surface area contributed by atoms with Gasteiger partial charge in [0.15, 0.2) is 11.6 Å². The van der Waals surface area contributed by atoms with Crippen molar-refractivity contribution in [3.8, 4) is 0 Å². The van der Waals surface area contributed by atoms with Crippen LogP contribution in [-0.4, -0.2) is 53.5 Å². The Balaban J connectivity index is 1.90. The standard InChI is InChI=1S/C11H16FN5O/c1-8-10(12)11(16-7-15-8)14-6-9(18)17-4-2-13-3-5-17/h7,13H,2-6H2,1H3,(H,14,15,16). The number of amides is 1. The van der Waals surface area contributed by atoms with Crippen LogP contribution in [0.2, 0.25) is 0 Å². The second kappa shape index (κ2) is 5.72. The molecule has 2 N–H and O–H groups in total. The van der Waals surface area contributed by atoms with Gasteiger partial charge in [0.2, 0.25) is 5.91 Å². The van der Waals surface area contributed by atoms with Gasteiger partial charge in [-0.3, -0.25) is 4.79 Å². The summed E-state index contributed by atoms with van der Waals surface area (Å²) in [5.41, 5.74) is 0.266. The smallest absolute Gasteiger partial charge is 0.242 e. The highest BCUT2D eigenvalue weighted by molar-refractivity contribution is 5.80. The molecule has 2 rings (SSSR count). The van der Waals surface area contributed by atoms with Gasteiger partial charge in [-0.1, -0.05) is 0 Å². The Hall–Kier alpha value is -1.76. The van der Waals surface area contributed by atoms with E-state index in [1.165, 1.54) is 6.33 Å². The molecule has 1 aliphatic rings. The van der Waals surface area contributed by atoms with Gasteiger partial charge in [0.05, 0.1) is 12.2 Å². The number of nitrogens with one attached hydrogen (secondary N) is 2. The predicted octanol–water partition coefficient (Wildman–Crippen LogP) is -0.232. The summed E-state index contributed by atoms with van der Waals surface area (Å²) in [6.45, 7) is 4.57. The summed E-state index contributed by atoms with van der Waals surface area (Å²) in [7, 11) is 0. The Morgan fingerprint density at radius 2 is 2.22 bits per heavy atom. The van der Waals surface area contributed by atoms with E-state index in [0.29, 0.717) is 13.1 Å². The minimum absolute atomic E-state index is 0.0489.